The van der Waals surface area contributed by atoms with Gasteiger partial charge in [-0.1, -0.05) is 12.8 Å². The Morgan fingerprint density at radius 3 is 2.67 bits per heavy atom. The third-order valence-electron chi connectivity index (χ3n) is 6.20. The Bertz CT molecular complexity index is 522. The van der Waals surface area contributed by atoms with Crippen LogP contribution in [0.3, 0.4) is 0 Å². The van der Waals surface area contributed by atoms with E-state index in [-0.39, 0.29) is 41.4 Å². The number of nitrogens with zero attached hydrogens (tertiary/aromatic N) is 3. The third-order valence-corrected chi connectivity index (χ3v) is 6.20. The maximum Gasteiger partial charge on any atom is 0.230 e. The predicted octanol–water partition coefficient (Wildman–Crippen LogP) is 1.28. The highest BCUT2D eigenvalue weighted by Gasteiger charge is 2.42. The number of halogens is 1. The van der Waals surface area contributed by atoms with Gasteiger partial charge < -0.3 is 20.3 Å². The largest absolute Gasteiger partial charge is 0.373 e. The molecule has 2 unspecified atom stereocenters. The molecule has 2 aliphatic heterocycles. The van der Waals surface area contributed by atoms with Crippen LogP contribution in [0.4, 0.5) is 0 Å². The zero-order valence-corrected chi connectivity index (χ0v) is 19.3. The fraction of sp³-hybridized carbons (Fsp3) is 0.895. The number of morpholine rings is 1. The summed E-state index contributed by atoms with van der Waals surface area (Å²) in [6.07, 6.45) is 6.92. The van der Waals surface area contributed by atoms with Crippen molar-refractivity contribution < 1.29 is 9.53 Å². The molecule has 0 radical (unpaired) electrons. The van der Waals surface area contributed by atoms with Crippen molar-refractivity contribution in [1.82, 2.24) is 20.4 Å². The van der Waals surface area contributed by atoms with Crippen molar-refractivity contribution in [2.75, 3.05) is 53.9 Å². The molecular formula is C19H36IN5O2. The van der Waals surface area contributed by atoms with Crippen molar-refractivity contribution in [1.29, 1.82) is 0 Å². The van der Waals surface area contributed by atoms with Gasteiger partial charge >= 0.3 is 0 Å². The second-order valence-corrected chi connectivity index (χ2v) is 8.24. The molecule has 156 valence electrons. The first-order valence-electron chi connectivity index (χ1n) is 10.1. The molecule has 2 saturated heterocycles. The number of hydrogen-bond donors (Lipinski definition) is 2. The molecule has 3 rings (SSSR count). The van der Waals surface area contributed by atoms with Gasteiger partial charge in [0.15, 0.2) is 5.96 Å². The summed E-state index contributed by atoms with van der Waals surface area (Å²) >= 11 is 0. The number of ether oxygens (including phenoxy) is 1. The number of rotatable bonds is 5. The molecule has 0 bridgehead atoms. The predicted molar refractivity (Wildman–Crippen MR) is 119 cm³/mol. The fourth-order valence-corrected chi connectivity index (χ4v) is 4.69. The number of hydrogen-bond acceptors (Lipinski definition) is 4. The van der Waals surface area contributed by atoms with E-state index in [2.05, 4.69) is 20.5 Å². The van der Waals surface area contributed by atoms with Crippen LogP contribution >= 0.6 is 24.0 Å². The first-order valence-corrected chi connectivity index (χ1v) is 10.1. The summed E-state index contributed by atoms with van der Waals surface area (Å²) in [5.74, 6) is 0.989. The van der Waals surface area contributed by atoms with Gasteiger partial charge in [0.05, 0.1) is 18.1 Å². The van der Waals surface area contributed by atoms with Gasteiger partial charge in [-0.3, -0.25) is 14.7 Å². The van der Waals surface area contributed by atoms with E-state index in [1.807, 2.05) is 14.1 Å². The molecule has 27 heavy (non-hydrogen) atoms. The minimum Gasteiger partial charge on any atom is -0.373 e. The molecular weight excluding hydrogens is 457 g/mol. The number of fused-ring (bicyclic) bond motifs is 1. The monoisotopic (exact) mass is 493 g/mol. The SMILES string of the molecule is CN=C(NCC1CN2CCCC2CO1)NCC1(C(=O)N(C)C)CCCC1.I. The first-order chi connectivity index (χ1) is 12.5. The lowest BCUT2D eigenvalue weighted by Crippen LogP contribution is -2.53. The number of carbonyl (C=O) groups excluding carboxylic acids is 1. The van der Waals surface area contributed by atoms with E-state index in [1.165, 1.54) is 19.4 Å². The molecule has 0 aromatic heterocycles. The van der Waals surface area contributed by atoms with E-state index >= 15 is 0 Å². The lowest BCUT2D eigenvalue weighted by molar-refractivity contribution is -0.138. The Morgan fingerprint density at radius 1 is 1.26 bits per heavy atom. The fourth-order valence-electron chi connectivity index (χ4n) is 4.69. The molecule has 0 aromatic carbocycles. The van der Waals surface area contributed by atoms with Crippen LogP contribution in [0.1, 0.15) is 38.5 Å². The highest BCUT2D eigenvalue weighted by atomic mass is 127. The van der Waals surface area contributed by atoms with E-state index < -0.39 is 0 Å². The maximum absolute atomic E-state index is 12.7. The van der Waals surface area contributed by atoms with E-state index in [0.717, 1.165) is 51.3 Å². The number of aliphatic imine (C=N–C) groups is 1. The maximum atomic E-state index is 12.7. The molecule has 1 saturated carbocycles. The van der Waals surface area contributed by atoms with Crippen LogP contribution in [-0.4, -0.2) is 87.7 Å². The average molecular weight is 493 g/mol. The van der Waals surface area contributed by atoms with Gasteiger partial charge in [0.25, 0.3) is 0 Å². The van der Waals surface area contributed by atoms with Crippen LogP contribution in [0, 0.1) is 5.41 Å². The summed E-state index contributed by atoms with van der Waals surface area (Å²) < 4.78 is 6.01. The normalized spacial score (nSPS) is 27.6. The molecule has 2 atom stereocenters. The van der Waals surface area contributed by atoms with E-state index in [4.69, 9.17) is 4.74 Å². The lowest BCUT2D eigenvalue weighted by Gasteiger charge is -2.35. The number of nitrogens with one attached hydrogen (secondary N) is 2. The van der Waals surface area contributed by atoms with Crippen molar-refractivity contribution in [2.24, 2.45) is 10.4 Å². The summed E-state index contributed by atoms with van der Waals surface area (Å²) in [4.78, 5) is 21.3. The topological polar surface area (TPSA) is 69.2 Å². The summed E-state index contributed by atoms with van der Waals surface area (Å²) in [7, 11) is 5.48. The molecule has 3 fully saturated rings. The van der Waals surface area contributed by atoms with Gasteiger partial charge in [0, 0.05) is 46.8 Å². The number of carbonyl (C=O) groups is 1. The van der Waals surface area contributed by atoms with Crippen molar-refractivity contribution in [3.05, 3.63) is 0 Å². The summed E-state index contributed by atoms with van der Waals surface area (Å²) in [6, 6.07) is 0.628. The van der Waals surface area contributed by atoms with E-state index in [0.29, 0.717) is 12.6 Å². The Kier molecular flexibility index (Phi) is 8.61. The van der Waals surface area contributed by atoms with Crippen molar-refractivity contribution in [2.45, 2.75) is 50.7 Å². The summed E-state index contributed by atoms with van der Waals surface area (Å²) in [5, 5.41) is 6.79. The Balaban J connectivity index is 0.00000261. The molecule has 0 aromatic rings. The molecule has 1 amide bonds. The number of amides is 1. The highest BCUT2D eigenvalue weighted by molar-refractivity contribution is 14.0. The minimum absolute atomic E-state index is 0. The van der Waals surface area contributed by atoms with Gasteiger partial charge in [0.2, 0.25) is 5.91 Å². The third kappa shape index (κ3) is 5.47. The lowest BCUT2D eigenvalue weighted by atomic mass is 9.84. The minimum atomic E-state index is -0.286. The molecule has 7 nitrogen and oxygen atoms in total. The second-order valence-electron chi connectivity index (χ2n) is 8.24. The van der Waals surface area contributed by atoms with Crippen LogP contribution in [-0.2, 0) is 9.53 Å². The highest BCUT2D eigenvalue weighted by Crippen LogP contribution is 2.38. The Hall–Kier alpha value is -0.610. The molecule has 8 heteroatoms. The van der Waals surface area contributed by atoms with E-state index in [1.54, 1.807) is 11.9 Å². The van der Waals surface area contributed by atoms with Crippen molar-refractivity contribution >= 4 is 35.8 Å². The van der Waals surface area contributed by atoms with E-state index in [9.17, 15) is 4.79 Å². The average Bonchev–Trinajstić information content (AvgIpc) is 3.30. The van der Waals surface area contributed by atoms with Crippen LogP contribution in [0.15, 0.2) is 4.99 Å². The summed E-state index contributed by atoms with van der Waals surface area (Å²) in [5.41, 5.74) is -0.286. The number of guanidine groups is 1. The zero-order chi connectivity index (χ0) is 18.6. The van der Waals surface area contributed by atoms with Gasteiger partial charge in [-0.2, -0.15) is 0 Å². The van der Waals surface area contributed by atoms with Crippen LogP contribution in [0.25, 0.3) is 0 Å². The van der Waals surface area contributed by atoms with Crippen LogP contribution in [0.5, 0.6) is 0 Å². The molecule has 0 spiro atoms. The zero-order valence-electron chi connectivity index (χ0n) is 17.0. The van der Waals surface area contributed by atoms with Crippen LogP contribution in [0.2, 0.25) is 0 Å². The van der Waals surface area contributed by atoms with Crippen molar-refractivity contribution in [3.8, 4) is 0 Å². The molecule has 1 aliphatic carbocycles. The van der Waals surface area contributed by atoms with Crippen molar-refractivity contribution in [3.63, 3.8) is 0 Å². The second kappa shape index (κ2) is 10.2. The first kappa shape index (κ1) is 22.7. The Labute approximate surface area is 180 Å². The molecule has 3 aliphatic rings. The standard InChI is InChI=1S/C19H35N5O2.HI/c1-20-18(21-11-16-12-24-10-6-7-15(24)13-26-16)22-14-19(8-4-5-9-19)17(25)23(2)3;/h15-16H,4-14H2,1-3H3,(H2,20,21,22);1H. The van der Waals surface area contributed by atoms with Crippen LogP contribution < -0.4 is 10.6 Å². The van der Waals surface area contributed by atoms with Gasteiger partial charge in [-0.25, -0.2) is 0 Å². The molecule has 2 N–H and O–H groups in total. The Morgan fingerprint density at radius 2 is 2.00 bits per heavy atom. The van der Waals surface area contributed by atoms with Gasteiger partial charge in [0.1, 0.15) is 0 Å². The van der Waals surface area contributed by atoms with Gasteiger partial charge in [-0.05, 0) is 32.2 Å². The molecule has 2 heterocycles. The summed E-state index contributed by atoms with van der Waals surface area (Å²) in [6.45, 7) is 4.43. The quantitative estimate of drug-likeness (QED) is 0.343. The smallest absolute Gasteiger partial charge is 0.230 e. The van der Waals surface area contributed by atoms with Gasteiger partial charge in [-0.15, -0.1) is 24.0 Å².